The number of nitrogens with zero attached hydrogens (tertiary/aromatic N) is 1. The van der Waals surface area contributed by atoms with Gasteiger partial charge in [-0.05, 0) is 30.2 Å². The zero-order valence-electron chi connectivity index (χ0n) is 10.1. The summed E-state index contributed by atoms with van der Waals surface area (Å²) in [5.74, 6) is -1.08. The molecular formula is C14H14F2N2. The normalized spacial score (nSPS) is 10.6. The van der Waals surface area contributed by atoms with Crippen LogP contribution in [-0.2, 0) is 13.1 Å². The zero-order valence-corrected chi connectivity index (χ0v) is 10.1. The van der Waals surface area contributed by atoms with Crippen LogP contribution in [0.5, 0.6) is 0 Å². The fourth-order valence-corrected chi connectivity index (χ4v) is 1.68. The fraction of sp³-hybridized carbons (Fsp3) is 0.214. The Morgan fingerprint density at radius 1 is 1.11 bits per heavy atom. The Labute approximate surface area is 105 Å². The molecule has 1 aromatic carbocycles. The van der Waals surface area contributed by atoms with Gasteiger partial charge in [-0.3, -0.25) is 4.98 Å². The molecule has 0 saturated carbocycles. The van der Waals surface area contributed by atoms with Gasteiger partial charge in [0.2, 0.25) is 0 Å². The SMILES string of the molecule is Cc1ccncc1CNCc1ccc(F)cc1F. The second-order valence-corrected chi connectivity index (χ2v) is 4.14. The smallest absolute Gasteiger partial charge is 0.130 e. The van der Waals surface area contributed by atoms with Crippen LogP contribution >= 0.6 is 0 Å². The number of benzene rings is 1. The first-order valence-corrected chi connectivity index (χ1v) is 5.71. The average Bonchev–Trinajstić information content (AvgIpc) is 2.34. The van der Waals surface area contributed by atoms with E-state index < -0.39 is 11.6 Å². The second kappa shape index (κ2) is 5.69. The van der Waals surface area contributed by atoms with Crippen LogP contribution in [0.3, 0.4) is 0 Å². The molecule has 0 aliphatic heterocycles. The van der Waals surface area contributed by atoms with Crippen LogP contribution in [0.2, 0.25) is 0 Å². The number of rotatable bonds is 4. The van der Waals surface area contributed by atoms with Crippen molar-refractivity contribution in [2.75, 3.05) is 0 Å². The highest BCUT2D eigenvalue weighted by atomic mass is 19.1. The summed E-state index contributed by atoms with van der Waals surface area (Å²) in [6.45, 7) is 2.97. The summed E-state index contributed by atoms with van der Waals surface area (Å²) in [5.41, 5.74) is 2.66. The van der Waals surface area contributed by atoms with E-state index in [9.17, 15) is 8.78 Å². The standard InChI is InChI=1S/C14H14F2N2/c1-10-4-5-17-8-12(10)9-18-7-11-2-3-13(15)6-14(11)16/h2-6,8,18H,7,9H2,1H3. The Morgan fingerprint density at radius 2 is 1.89 bits per heavy atom. The predicted octanol–water partition coefficient (Wildman–Crippen LogP) is 2.96. The molecule has 0 amide bonds. The molecule has 1 heterocycles. The summed E-state index contributed by atoms with van der Waals surface area (Å²) in [4.78, 5) is 4.04. The highest BCUT2D eigenvalue weighted by Gasteiger charge is 2.03. The highest BCUT2D eigenvalue weighted by Crippen LogP contribution is 2.10. The molecule has 2 aromatic rings. The molecule has 0 unspecified atom stereocenters. The molecule has 1 aromatic heterocycles. The molecular weight excluding hydrogens is 234 g/mol. The number of hydrogen-bond acceptors (Lipinski definition) is 2. The molecule has 2 rings (SSSR count). The second-order valence-electron chi connectivity index (χ2n) is 4.14. The molecule has 0 fully saturated rings. The minimum Gasteiger partial charge on any atom is -0.308 e. The summed E-state index contributed by atoms with van der Waals surface area (Å²) >= 11 is 0. The van der Waals surface area contributed by atoms with Crippen molar-refractivity contribution in [3.05, 3.63) is 65.0 Å². The molecule has 0 saturated heterocycles. The maximum atomic E-state index is 13.4. The van der Waals surface area contributed by atoms with E-state index in [4.69, 9.17) is 0 Å². The Bertz CT molecular complexity index is 541. The minimum absolute atomic E-state index is 0.362. The minimum atomic E-state index is -0.556. The Morgan fingerprint density at radius 3 is 2.61 bits per heavy atom. The van der Waals surface area contributed by atoms with Crippen molar-refractivity contribution in [2.45, 2.75) is 20.0 Å². The zero-order chi connectivity index (χ0) is 13.0. The molecule has 1 N–H and O–H groups in total. The maximum Gasteiger partial charge on any atom is 0.130 e. The number of hydrogen-bond donors (Lipinski definition) is 1. The third-order valence-corrected chi connectivity index (χ3v) is 2.79. The monoisotopic (exact) mass is 248 g/mol. The van der Waals surface area contributed by atoms with Crippen LogP contribution < -0.4 is 5.32 Å². The van der Waals surface area contributed by atoms with Gasteiger partial charge in [-0.15, -0.1) is 0 Å². The van der Waals surface area contributed by atoms with Crippen molar-refractivity contribution in [1.29, 1.82) is 0 Å². The Balaban J connectivity index is 1.95. The number of aryl methyl sites for hydroxylation is 1. The third kappa shape index (κ3) is 3.11. The van der Waals surface area contributed by atoms with Gasteiger partial charge in [0.1, 0.15) is 11.6 Å². The number of halogens is 2. The van der Waals surface area contributed by atoms with Crippen LogP contribution in [0.25, 0.3) is 0 Å². The van der Waals surface area contributed by atoms with E-state index in [0.29, 0.717) is 18.7 Å². The van der Waals surface area contributed by atoms with Crippen LogP contribution in [-0.4, -0.2) is 4.98 Å². The van der Waals surface area contributed by atoms with Crippen molar-refractivity contribution in [2.24, 2.45) is 0 Å². The fourth-order valence-electron chi connectivity index (χ4n) is 1.68. The molecule has 0 aliphatic carbocycles. The summed E-state index contributed by atoms with van der Waals surface area (Å²) < 4.78 is 26.1. The Hall–Kier alpha value is -1.81. The number of nitrogens with one attached hydrogen (secondary N) is 1. The van der Waals surface area contributed by atoms with Gasteiger partial charge in [-0.2, -0.15) is 0 Å². The van der Waals surface area contributed by atoms with E-state index in [1.165, 1.54) is 12.1 Å². The van der Waals surface area contributed by atoms with Crippen LogP contribution in [0.15, 0.2) is 36.7 Å². The average molecular weight is 248 g/mol. The van der Waals surface area contributed by atoms with Crippen LogP contribution in [0.4, 0.5) is 8.78 Å². The number of aromatic nitrogens is 1. The molecule has 0 spiro atoms. The summed E-state index contributed by atoms with van der Waals surface area (Å²) in [6, 6.07) is 5.53. The predicted molar refractivity (Wildman–Crippen MR) is 65.9 cm³/mol. The summed E-state index contributed by atoms with van der Waals surface area (Å²) in [6.07, 6.45) is 3.52. The molecule has 0 aliphatic rings. The lowest BCUT2D eigenvalue weighted by Gasteiger charge is -2.08. The molecule has 4 heteroatoms. The maximum absolute atomic E-state index is 13.4. The van der Waals surface area contributed by atoms with E-state index >= 15 is 0 Å². The van der Waals surface area contributed by atoms with Gasteiger partial charge >= 0.3 is 0 Å². The highest BCUT2D eigenvalue weighted by molar-refractivity contribution is 5.22. The van der Waals surface area contributed by atoms with Crippen LogP contribution in [0.1, 0.15) is 16.7 Å². The lowest BCUT2D eigenvalue weighted by Crippen LogP contribution is -2.14. The quantitative estimate of drug-likeness (QED) is 0.899. The largest absolute Gasteiger partial charge is 0.308 e. The van der Waals surface area contributed by atoms with Gasteiger partial charge in [0.05, 0.1) is 0 Å². The van der Waals surface area contributed by atoms with E-state index in [-0.39, 0.29) is 0 Å². The van der Waals surface area contributed by atoms with E-state index in [1.54, 1.807) is 12.4 Å². The third-order valence-electron chi connectivity index (χ3n) is 2.79. The van der Waals surface area contributed by atoms with Crippen molar-refractivity contribution in [1.82, 2.24) is 10.3 Å². The molecule has 0 bridgehead atoms. The first-order valence-electron chi connectivity index (χ1n) is 5.71. The lowest BCUT2D eigenvalue weighted by atomic mass is 10.1. The molecule has 2 nitrogen and oxygen atoms in total. The van der Waals surface area contributed by atoms with Gasteiger partial charge in [0, 0.05) is 37.1 Å². The summed E-state index contributed by atoms with van der Waals surface area (Å²) in [7, 11) is 0. The van der Waals surface area contributed by atoms with Gasteiger partial charge in [0.15, 0.2) is 0 Å². The first kappa shape index (κ1) is 12.6. The van der Waals surface area contributed by atoms with Gasteiger partial charge in [0.25, 0.3) is 0 Å². The molecule has 94 valence electrons. The Kier molecular flexibility index (Phi) is 3.99. The van der Waals surface area contributed by atoms with Crippen molar-refractivity contribution in [3.8, 4) is 0 Å². The van der Waals surface area contributed by atoms with E-state index in [1.807, 2.05) is 13.0 Å². The van der Waals surface area contributed by atoms with Crippen LogP contribution in [0, 0.1) is 18.6 Å². The molecule has 0 atom stereocenters. The first-order chi connectivity index (χ1) is 8.66. The molecule has 0 radical (unpaired) electrons. The van der Waals surface area contributed by atoms with Gasteiger partial charge < -0.3 is 5.32 Å². The van der Waals surface area contributed by atoms with Gasteiger partial charge in [-0.25, -0.2) is 8.78 Å². The summed E-state index contributed by atoms with van der Waals surface area (Å²) in [5, 5.41) is 3.12. The van der Waals surface area contributed by atoms with Crippen molar-refractivity contribution in [3.63, 3.8) is 0 Å². The lowest BCUT2D eigenvalue weighted by molar-refractivity contribution is 0.560. The van der Waals surface area contributed by atoms with Crippen molar-refractivity contribution < 1.29 is 8.78 Å². The van der Waals surface area contributed by atoms with E-state index in [2.05, 4.69) is 10.3 Å². The number of pyridine rings is 1. The van der Waals surface area contributed by atoms with E-state index in [0.717, 1.165) is 17.2 Å². The van der Waals surface area contributed by atoms with Crippen molar-refractivity contribution >= 4 is 0 Å². The topological polar surface area (TPSA) is 24.9 Å². The molecule has 18 heavy (non-hydrogen) atoms. The van der Waals surface area contributed by atoms with Gasteiger partial charge in [-0.1, -0.05) is 6.07 Å².